The zero-order chi connectivity index (χ0) is 18.0. The molecule has 2 aliphatic rings. The number of nitrogens with one attached hydrogen (secondary N) is 1. The summed E-state index contributed by atoms with van der Waals surface area (Å²) in [7, 11) is 0. The number of aliphatic hydroxyl groups is 1. The van der Waals surface area contributed by atoms with Crippen LogP contribution in [0.4, 0.5) is 0 Å². The summed E-state index contributed by atoms with van der Waals surface area (Å²) in [6.07, 6.45) is -4.20. The van der Waals surface area contributed by atoms with Gasteiger partial charge in [-0.2, -0.15) is 0 Å². The van der Waals surface area contributed by atoms with E-state index >= 15 is 0 Å². The fourth-order valence-corrected chi connectivity index (χ4v) is 3.09. The minimum atomic E-state index is -1.34. The number of hydrogen-bond acceptors (Lipinski definition) is 7. The number of carbonyl (C=O) groups is 2. The van der Waals surface area contributed by atoms with Crippen LogP contribution in [0.25, 0.3) is 0 Å². The molecule has 2 aliphatic heterocycles. The summed E-state index contributed by atoms with van der Waals surface area (Å²) in [5.41, 5.74) is 0.810. The largest absolute Gasteiger partial charge is 0.457 e. The number of ether oxygens (including phenoxy) is 4. The molecule has 0 spiro atoms. The second-order valence-corrected chi connectivity index (χ2v) is 6.04. The van der Waals surface area contributed by atoms with Gasteiger partial charge >= 0.3 is 5.97 Å². The van der Waals surface area contributed by atoms with Gasteiger partial charge in [0.25, 0.3) is 0 Å². The lowest BCUT2D eigenvalue weighted by Crippen LogP contribution is -2.67. The predicted octanol–water partition coefficient (Wildman–Crippen LogP) is 0.254. The van der Waals surface area contributed by atoms with E-state index in [1.54, 1.807) is 0 Å². The van der Waals surface area contributed by atoms with Gasteiger partial charge in [-0.1, -0.05) is 30.3 Å². The summed E-state index contributed by atoms with van der Waals surface area (Å²) in [6.45, 7) is 2.72. The van der Waals surface area contributed by atoms with Gasteiger partial charge in [0.05, 0.1) is 6.61 Å². The first kappa shape index (κ1) is 17.8. The number of esters is 1. The van der Waals surface area contributed by atoms with Gasteiger partial charge in [0.2, 0.25) is 5.91 Å². The van der Waals surface area contributed by atoms with E-state index in [0.29, 0.717) is 0 Å². The van der Waals surface area contributed by atoms with Crippen molar-refractivity contribution in [3.8, 4) is 0 Å². The second-order valence-electron chi connectivity index (χ2n) is 6.04. The van der Waals surface area contributed by atoms with Gasteiger partial charge in [0, 0.05) is 19.4 Å². The lowest BCUT2D eigenvalue weighted by molar-refractivity contribution is -0.338. The Morgan fingerprint density at radius 2 is 1.92 bits per heavy atom. The van der Waals surface area contributed by atoms with Crippen LogP contribution in [-0.4, -0.2) is 54.2 Å². The number of rotatable bonds is 3. The van der Waals surface area contributed by atoms with E-state index < -0.39 is 42.9 Å². The lowest BCUT2D eigenvalue weighted by Gasteiger charge is -2.47. The maximum Gasteiger partial charge on any atom is 0.303 e. The molecule has 1 aromatic carbocycles. The van der Waals surface area contributed by atoms with Crippen molar-refractivity contribution >= 4 is 11.9 Å². The molecule has 6 atom stereocenters. The van der Waals surface area contributed by atoms with E-state index in [-0.39, 0.29) is 12.5 Å². The molecule has 2 saturated heterocycles. The molecule has 1 unspecified atom stereocenters. The van der Waals surface area contributed by atoms with Crippen LogP contribution in [0.2, 0.25) is 0 Å². The molecule has 3 rings (SSSR count). The number of hydrogen-bond donors (Lipinski definition) is 2. The molecule has 0 saturated carbocycles. The van der Waals surface area contributed by atoms with Crippen molar-refractivity contribution in [1.82, 2.24) is 5.32 Å². The Morgan fingerprint density at radius 1 is 1.20 bits per heavy atom. The highest BCUT2D eigenvalue weighted by atomic mass is 16.7. The minimum absolute atomic E-state index is 0.159. The molecule has 1 aromatic rings. The molecule has 2 N–H and O–H groups in total. The van der Waals surface area contributed by atoms with Crippen molar-refractivity contribution < 1.29 is 33.6 Å². The Morgan fingerprint density at radius 3 is 2.56 bits per heavy atom. The van der Waals surface area contributed by atoms with Crippen molar-refractivity contribution in [3.05, 3.63) is 35.9 Å². The summed E-state index contributed by atoms with van der Waals surface area (Å²) < 4.78 is 22.5. The standard InChI is InChI=1S/C17H21NO7/c1-9(19)18-13-15(23-10(2)20)14-12(24-16(13)21)8-22-17(25-14)11-6-4-3-5-7-11/h3-7,12-17,21H,8H2,1-2H3,(H,18,19)/t12-,13-,14+,15-,16+,17?/m1/s1. The van der Waals surface area contributed by atoms with E-state index in [2.05, 4.69) is 5.32 Å². The van der Waals surface area contributed by atoms with Crippen LogP contribution in [0.1, 0.15) is 25.7 Å². The summed E-state index contributed by atoms with van der Waals surface area (Å²) in [5.74, 6) is -0.922. The molecule has 0 aliphatic carbocycles. The van der Waals surface area contributed by atoms with Crippen LogP contribution in [0.5, 0.6) is 0 Å². The van der Waals surface area contributed by atoms with Crippen LogP contribution in [0.3, 0.4) is 0 Å². The molecule has 0 bridgehead atoms. The van der Waals surface area contributed by atoms with Crippen LogP contribution >= 0.6 is 0 Å². The second kappa shape index (κ2) is 7.49. The van der Waals surface area contributed by atoms with Gasteiger partial charge in [0.15, 0.2) is 18.7 Å². The Labute approximate surface area is 145 Å². The summed E-state index contributed by atoms with van der Waals surface area (Å²) in [6, 6.07) is 8.38. The zero-order valence-electron chi connectivity index (χ0n) is 14.0. The molecule has 0 radical (unpaired) electrons. The van der Waals surface area contributed by atoms with Crippen molar-refractivity contribution in [1.29, 1.82) is 0 Å². The topological polar surface area (TPSA) is 103 Å². The van der Waals surface area contributed by atoms with Crippen molar-refractivity contribution in [2.45, 2.75) is 50.8 Å². The highest BCUT2D eigenvalue weighted by molar-refractivity contribution is 5.73. The van der Waals surface area contributed by atoms with E-state index in [1.807, 2.05) is 30.3 Å². The average Bonchev–Trinajstić information content (AvgIpc) is 2.58. The van der Waals surface area contributed by atoms with Gasteiger partial charge in [0.1, 0.15) is 18.2 Å². The van der Waals surface area contributed by atoms with Gasteiger partial charge in [-0.05, 0) is 0 Å². The van der Waals surface area contributed by atoms with Gasteiger partial charge in [-0.3, -0.25) is 9.59 Å². The maximum absolute atomic E-state index is 11.5. The van der Waals surface area contributed by atoms with Crippen molar-refractivity contribution in [3.63, 3.8) is 0 Å². The molecular formula is C17H21NO7. The summed E-state index contributed by atoms with van der Waals surface area (Å²) in [4.78, 5) is 23.0. The Bertz CT molecular complexity index is 623. The van der Waals surface area contributed by atoms with Gasteiger partial charge in [-0.15, -0.1) is 0 Å². The molecule has 25 heavy (non-hydrogen) atoms. The molecule has 8 nitrogen and oxygen atoms in total. The quantitative estimate of drug-likeness (QED) is 0.753. The van der Waals surface area contributed by atoms with Gasteiger partial charge in [-0.25, -0.2) is 0 Å². The van der Waals surface area contributed by atoms with E-state index in [0.717, 1.165) is 5.56 Å². The van der Waals surface area contributed by atoms with Crippen LogP contribution in [0.15, 0.2) is 30.3 Å². The molecule has 1 amide bonds. The highest BCUT2D eigenvalue weighted by Crippen LogP contribution is 2.34. The smallest absolute Gasteiger partial charge is 0.303 e. The first-order chi connectivity index (χ1) is 12.0. The van der Waals surface area contributed by atoms with E-state index in [9.17, 15) is 14.7 Å². The molecule has 136 valence electrons. The first-order valence-corrected chi connectivity index (χ1v) is 8.05. The molecule has 0 aromatic heterocycles. The number of carbonyl (C=O) groups excluding carboxylic acids is 2. The third kappa shape index (κ3) is 3.98. The first-order valence-electron chi connectivity index (χ1n) is 8.05. The van der Waals surface area contributed by atoms with E-state index in [4.69, 9.17) is 18.9 Å². The maximum atomic E-state index is 11.5. The molecular weight excluding hydrogens is 330 g/mol. The molecule has 2 heterocycles. The fraction of sp³-hybridized carbons (Fsp3) is 0.529. The minimum Gasteiger partial charge on any atom is -0.457 e. The molecule has 8 heteroatoms. The SMILES string of the molecule is CC(=O)N[C@@H]1[C@@H](OC(C)=O)[C@H]2OC(c3ccccc3)OC[C@H]2O[C@@H]1O. The number of aliphatic hydroxyl groups excluding tert-OH is 1. The zero-order valence-corrected chi connectivity index (χ0v) is 14.0. The van der Waals surface area contributed by atoms with Gasteiger partial charge < -0.3 is 29.4 Å². The number of fused-ring (bicyclic) bond motifs is 1. The third-order valence-electron chi connectivity index (χ3n) is 4.10. The third-order valence-corrected chi connectivity index (χ3v) is 4.10. The number of amides is 1. The average molecular weight is 351 g/mol. The Hall–Kier alpha value is -2.00. The van der Waals surface area contributed by atoms with Crippen LogP contribution < -0.4 is 5.32 Å². The highest BCUT2D eigenvalue weighted by Gasteiger charge is 2.51. The fourth-order valence-electron chi connectivity index (χ4n) is 3.09. The van der Waals surface area contributed by atoms with Crippen LogP contribution in [-0.2, 0) is 28.5 Å². The summed E-state index contributed by atoms with van der Waals surface area (Å²) >= 11 is 0. The van der Waals surface area contributed by atoms with Crippen molar-refractivity contribution in [2.24, 2.45) is 0 Å². The number of benzene rings is 1. The Kier molecular flexibility index (Phi) is 5.33. The predicted molar refractivity (Wildman–Crippen MR) is 84.0 cm³/mol. The molecule has 2 fully saturated rings. The van der Waals surface area contributed by atoms with Crippen molar-refractivity contribution in [2.75, 3.05) is 6.61 Å². The monoisotopic (exact) mass is 351 g/mol. The Balaban J connectivity index is 1.84. The summed E-state index contributed by atoms with van der Waals surface area (Å²) in [5, 5.41) is 12.7. The lowest BCUT2D eigenvalue weighted by atomic mass is 9.95. The van der Waals surface area contributed by atoms with Crippen LogP contribution in [0, 0.1) is 0 Å². The normalized spacial score (nSPS) is 34.7. The van der Waals surface area contributed by atoms with E-state index in [1.165, 1.54) is 13.8 Å².